The fourth-order valence-electron chi connectivity index (χ4n) is 1.78. The molecular formula is C12H17NO. The van der Waals surface area contributed by atoms with E-state index in [-0.39, 0.29) is 0 Å². The van der Waals surface area contributed by atoms with Gasteiger partial charge < -0.3 is 10.1 Å². The first-order valence-electron chi connectivity index (χ1n) is 5.31. The molecule has 14 heavy (non-hydrogen) atoms. The lowest BCUT2D eigenvalue weighted by Gasteiger charge is -2.23. The molecule has 0 radical (unpaired) electrons. The molecule has 0 unspecified atom stereocenters. The molecule has 2 rings (SSSR count). The lowest BCUT2D eigenvalue weighted by Crippen LogP contribution is -2.38. The van der Waals surface area contributed by atoms with Crippen LogP contribution in [0.3, 0.4) is 0 Å². The van der Waals surface area contributed by atoms with Crippen molar-refractivity contribution >= 4 is 0 Å². The maximum absolute atomic E-state index is 5.64. The smallest absolute Gasteiger partial charge is 0.0703 e. The Hall–Kier alpha value is -0.860. The lowest BCUT2D eigenvalue weighted by molar-refractivity contribution is 0.0238. The van der Waals surface area contributed by atoms with Gasteiger partial charge in [-0.2, -0.15) is 0 Å². The third-order valence-corrected chi connectivity index (χ3v) is 2.60. The highest BCUT2D eigenvalue weighted by Gasteiger charge is 2.12. The third-order valence-electron chi connectivity index (χ3n) is 2.60. The van der Waals surface area contributed by atoms with Crippen molar-refractivity contribution in [2.45, 2.75) is 18.9 Å². The first-order valence-corrected chi connectivity index (χ1v) is 5.31. The molecule has 2 nitrogen and oxygen atoms in total. The van der Waals surface area contributed by atoms with Crippen LogP contribution in [0.15, 0.2) is 30.3 Å². The van der Waals surface area contributed by atoms with Crippen molar-refractivity contribution in [3.05, 3.63) is 35.9 Å². The van der Waals surface area contributed by atoms with E-state index in [4.69, 9.17) is 4.74 Å². The minimum absolute atomic E-state index is 0.406. The summed E-state index contributed by atoms with van der Waals surface area (Å²) in [6, 6.07) is 10.6. The van der Waals surface area contributed by atoms with Crippen LogP contribution in [-0.4, -0.2) is 25.8 Å². The molecule has 1 aliphatic heterocycles. The molecule has 2 heteroatoms. The highest BCUT2D eigenvalue weighted by atomic mass is 16.5. The molecule has 0 spiro atoms. The second-order valence-corrected chi connectivity index (χ2v) is 3.72. The first-order chi connectivity index (χ1) is 6.95. The summed E-state index contributed by atoms with van der Waals surface area (Å²) >= 11 is 0. The summed E-state index contributed by atoms with van der Waals surface area (Å²) < 4.78 is 5.64. The summed E-state index contributed by atoms with van der Waals surface area (Å²) in [7, 11) is 0. The Kier molecular flexibility index (Phi) is 3.55. The Bertz CT molecular complexity index is 254. The molecule has 76 valence electrons. The molecule has 1 heterocycles. The van der Waals surface area contributed by atoms with Gasteiger partial charge in [0.15, 0.2) is 0 Å². The largest absolute Gasteiger partial charge is 0.376 e. The highest BCUT2D eigenvalue weighted by molar-refractivity contribution is 5.14. The van der Waals surface area contributed by atoms with Crippen molar-refractivity contribution < 1.29 is 4.74 Å². The molecule has 0 aliphatic carbocycles. The minimum Gasteiger partial charge on any atom is -0.376 e. The topological polar surface area (TPSA) is 21.3 Å². The van der Waals surface area contributed by atoms with Crippen LogP contribution in [0.5, 0.6) is 0 Å². The van der Waals surface area contributed by atoms with E-state index in [1.165, 1.54) is 5.56 Å². The van der Waals surface area contributed by atoms with Crippen molar-refractivity contribution in [3.8, 4) is 0 Å². The molecule has 1 aromatic rings. The summed E-state index contributed by atoms with van der Waals surface area (Å²) in [4.78, 5) is 0. The van der Waals surface area contributed by atoms with Gasteiger partial charge in [0.05, 0.1) is 12.7 Å². The Morgan fingerprint density at radius 1 is 1.29 bits per heavy atom. The third kappa shape index (κ3) is 2.82. The van der Waals surface area contributed by atoms with Crippen LogP contribution in [0.4, 0.5) is 0 Å². The molecule has 1 aliphatic rings. The van der Waals surface area contributed by atoms with E-state index in [0.717, 1.165) is 32.5 Å². The minimum atomic E-state index is 0.406. The second-order valence-electron chi connectivity index (χ2n) is 3.72. The van der Waals surface area contributed by atoms with E-state index in [2.05, 4.69) is 35.6 Å². The van der Waals surface area contributed by atoms with Gasteiger partial charge in [0, 0.05) is 13.1 Å². The van der Waals surface area contributed by atoms with Gasteiger partial charge in [-0.1, -0.05) is 30.3 Å². The lowest BCUT2D eigenvalue weighted by atomic mass is 10.1. The normalized spacial score (nSPS) is 22.1. The Morgan fingerprint density at radius 3 is 2.86 bits per heavy atom. The molecule has 0 bridgehead atoms. The predicted octanol–water partition coefficient (Wildman–Crippen LogP) is 1.61. The fourth-order valence-corrected chi connectivity index (χ4v) is 1.78. The summed E-state index contributed by atoms with van der Waals surface area (Å²) in [5.41, 5.74) is 1.40. The van der Waals surface area contributed by atoms with Crippen LogP contribution in [-0.2, 0) is 11.2 Å². The van der Waals surface area contributed by atoms with E-state index in [9.17, 15) is 0 Å². The zero-order chi connectivity index (χ0) is 9.64. The molecular weight excluding hydrogens is 174 g/mol. The monoisotopic (exact) mass is 191 g/mol. The van der Waals surface area contributed by atoms with Crippen LogP contribution in [0.1, 0.15) is 12.0 Å². The van der Waals surface area contributed by atoms with Gasteiger partial charge >= 0.3 is 0 Å². The number of aryl methyl sites for hydroxylation is 1. The van der Waals surface area contributed by atoms with E-state index < -0.39 is 0 Å². The number of benzene rings is 1. The Balaban J connectivity index is 1.76. The summed E-state index contributed by atoms with van der Waals surface area (Å²) in [5, 5.41) is 3.35. The van der Waals surface area contributed by atoms with Gasteiger partial charge in [0.2, 0.25) is 0 Å². The van der Waals surface area contributed by atoms with Crippen LogP contribution >= 0.6 is 0 Å². The number of hydrogen-bond acceptors (Lipinski definition) is 2. The molecule has 0 aromatic heterocycles. The van der Waals surface area contributed by atoms with Crippen molar-refractivity contribution in [1.29, 1.82) is 0 Å². The van der Waals surface area contributed by atoms with Crippen molar-refractivity contribution in [1.82, 2.24) is 5.32 Å². The number of rotatable bonds is 3. The fraction of sp³-hybridized carbons (Fsp3) is 0.500. The molecule has 1 fully saturated rings. The molecule has 1 saturated heterocycles. The van der Waals surface area contributed by atoms with Crippen LogP contribution in [0.25, 0.3) is 0 Å². The van der Waals surface area contributed by atoms with E-state index in [1.807, 2.05) is 0 Å². The predicted molar refractivity (Wildman–Crippen MR) is 57.4 cm³/mol. The van der Waals surface area contributed by atoms with E-state index in [0.29, 0.717) is 6.10 Å². The number of morpholine rings is 1. The van der Waals surface area contributed by atoms with Crippen molar-refractivity contribution in [2.24, 2.45) is 0 Å². The quantitative estimate of drug-likeness (QED) is 0.783. The number of nitrogens with one attached hydrogen (secondary N) is 1. The van der Waals surface area contributed by atoms with Gasteiger partial charge in [-0.15, -0.1) is 0 Å². The van der Waals surface area contributed by atoms with Gasteiger partial charge in [0.1, 0.15) is 0 Å². The zero-order valence-corrected chi connectivity index (χ0v) is 8.41. The number of ether oxygens (including phenoxy) is 1. The van der Waals surface area contributed by atoms with E-state index >= 15 is 0 Å². The molecule has 0 amide bonds. The summed E-state index contributed by atoms with van der Waals surface area (Å²) in [6.07, 6.45) is 2.65. The number of hydrogen-bond donors (Lipinski definition) is 1. The van der Waals surface area contributed by atoms with Crippen LogP contribution in [0.2, 0.25) is 0 Å². The maximum Gasteiger partial charge on any atom is 0.0703 e. The van der Waals surface area contributed by atoms with Gasteiger partial charge in [0.25, 0.3) is 0 Å². The summed E-state index contributed by atoms with van der Waals surface area (Å²) in [5.74, 6) is 0. The van der Waals surface area contributed by atoms with Crippen molar-refractivity contribution in [2.75, 3.05) is 19.7 Å². The van der Waals surface area contributed by atoms with Crippen molar-refractivity contribution in [3.63, 3.8) is 0 Å². The average molecular weight is 191 g/mol. The Morgan fingerprint density at radius 2 is 2.14 bits per heavy atom. The van der Waals surface area contributed by atoms with Crippen LogP contribution < -0.4 is 5.32 Å². The molecule has 1 aromatic carbocycles. The van der Waals surface area contributed by atoms with Gasteiger partial charge in [-0.05, 0) is 18.4 Å². The molecule has 1 N–H and O–H groups in total. The first kappa shape index (κ1) is 9.69. The zero-order valence-electron chi connectivity index (χ0n) is 8.41. The Labute approximate surface area is 85.3 Å². The second kappa shape index (κ2) is 5.13. The molecule has 1 atom stereocenters. The molecule has 0 saturated carbocycles. The van der Waals surface area contributed by atoms with E-state index in [1.54, 1.807) is 0 Å². The average Bonchev–Trinajstić information content (AvgIpc) is 2.29. The van der Waals surface area contributed by atoms with Crippen LogP contribution in [0, 0.1) is 0 Å². The standard InChI is InChI=1S/C12H17NO/c1-2-4-11(5-3-1)6-7-12-10-13-8-9-14-12/h1-5,12-13H,6-10H2/t12-/m1/s1. The highest BCUT2D eigenvalue weighted by Crippen LogP contribution is 2.08. The summed E-state index contributed by atoms with van der Waals surface area (Å²) in [6.45, 7) is 2.87. The van der Waals surface area contributed by atoms with Gasteiger partial charge in [-0.25, -0.2) is 0 Å². The maximum atomic E-state index is 5.64. The van der Waals surface area contributed by atoms with Gasteiger partial charge in [-0.3, -0.25) is 0 Å². The SMILES string of the molecule is c1ccc(CC[C@@H]2CNCCO2)cc1.